The van der Waals surface area contributed by atoms with E-state index < -0.39 is 0 Å². The fourth-order valence-electron chi connectivity index (χ4n) is 2.54. The van der Waals surface area contributed by atoms with Gasteiger partial charge in [0.05, 0.1) is 0 Å². The summed E-state index contributed by atoms with van der Waals surface area (Å²) in [5.74, 6) is 0.249. The van der Waals surface area contributed by atoms with E-state index in [1.54, 1.807) is 0 Å². The number of rotatable bonds is 7. The van der Waals surface area contributed by atoms with Gasteiger partial charge in [0.25, 0.3) is 0 Å². The average Bonchev–Trinajstić information content (AvgIpc) is 2.55. The van der Waals surface area contributed by atoms with Crippen LogP contribution in [-0.2, 0) is 17.8 Å². The van der Waals surface area contributed by atoms with Gasteiger partial charge in [-0.15, -0.1) is 0 Å². The largest absolute Gasteiger partial charge is 0.339 e. The van der Waals surface area contributed by atoms with Crippen molar-refractivity contribution in [3.63, 3.8) is 0 Å². The van der Waals surface area contributed by atoms with Gasteiger partial charge in [-0.2, -0.15) is 0 Å². The zero-order chi connectivity index (χ0) is 15.8. The Balaban J connectivity index is 1.80. The highest BCUT2D eigenvalue weighted by Crippen LogP contribution is 2.10. The van der Waals surface area contributed by atoms with E-state index >= 15 is 0 Å². The van der Waals surface area contributed by atoms with Crippen molar-refractivity contribution in [2.45, 2.75) is 39.7 Å². The summed E-state index contributed by atoms with van der Waals surface area (Å²) in [5.41, 5.74) is 3.78. The molecule has 0 unspecified atom stereocenters. The molecule has 2 aromatic carbocycles. The summed E-state index contributed by atoms with van der Waals surface area (Å²) in [7, 11) is 0. The Kier molecular flexibility index (Phi) is 6.20. The fourth-order valence-corrected chi connectivity index (χ4v) is 2.54. The Hall–Kier alpha value is -2.09. The van der Waals surface area contributed by atoms with E-state index in [0.29, 0.717) is 13.0 Å². The van der Waals surface area contributed by atoms with Gasteiger partial charge in [-0.1, -0.05) is 60.2 Å². The van der Waals surface area contributed by atoms with Crippen molar-refractivity contribution < 1.29 is 4.79 Å². The van der Waals surface area contributed by atoms with Gasteiger partial charge in [-0.25, -0.2) is 0 Å². The van der Waals surface area contributed by atoms with Crippen LogP contribution in [0.15, 0.2) is 54.6 Å². The van der Waals surface area contributed by atoms with Gasteiger partial charge < -0.3 is 4.90 Å². The van der Waals surface area contributed by atoms with Crippen LogP contribution in [0.2, 0.25) is 0 Å². The maximum Gasteiger partial charge on any atom is 0.222 e. The molecule has 0 aliphatic heterocycles. The smallest absolute Gasteiger partial charge is 0.222 e. The molecule has 0 heterocycles. The van der Waals surface area contributed by atoms with Crippen molar-refractivity contribution in [3.8, 4) is 0 Å². The third-order valence-electron chi connectivity index (χ3n) is 3.93. The fraction of sp³-hybridized carbons (Fsp3) is 0.350. The van der Waals surface area contributed by atoms with Gasteiger partial charge in [-0.3, -0.25) is 4.79 Å². The Morgan fingerprint density at radius 1 is 0.955 bits per heavy atom. The Morgan fingerprint density at radius 2 is 1.64 bits per heavy atom. The molecule has 22 heavy (non-hydrogen) atoms. The number of hydrogen-bond donors (Lipinski definition) is 0. The van der Waals surface area contributed by atoms with Crippen LogP contribution in [0.5, 0.6) is 0 Å². The lowest BCUT2D eigenvalue weighted by atomic mass is 10.1. The molecular weight excluding hydrogens is 270 g/mol. The zero-order valence-corrected chi connectivity index (χ0v) is 13.6. The number of amides is 1. The van der Waals surface area contributed by atoms with Crippen LogP contribution in [0.4, 0.5) is 0 Å². The van der Waals surface area contributed by atoms with Crippen LogP contribution in [0.25, 0.3) is 0 Å². The number of benzene rings is 2. The molecule has 0 bridgehead atoms. The van der Waals surface area contributed by atoms with Crippen molar-refractivity contribution in [2.24, 2.45) is 0 Å². The van der Waals surface area contributed by atoms with E-state index in [2.05, 4.69) is 43.3 Å². The molecule has 0 aliphatic carbocycles. The van der Waals surface area contributed by atoms with E-state index in [9.17, 15) is 4.79 Å². The standard InChI is InChI=1S/C20H25NO/c1-3-21(16-19-8-5-4-6-9-19)20(22)11-7-10-18-14-12-17(2)13-15-18/h4-6,8-9,12-15H,3,7,10-11,16H2,1-2H3. The minimum absolute atomic E-state index is 0.249. The molecule has 0 spiro atoms. The number of carbonyl (C=O) groups is 1. The van der Waals surface area contributed by atoms with Crippen molar-refractivity contribution in [1.82, 2.24) is 4.90 Å². The number of nitrogens with zero attached hydrogens (tertiary/aromatic N) is 1. The van der Waals surface area contributed by atoms with Crippen molar-refractivity contribution in [3.05, 3.63) is 71.3 Å². The second-order valence-corrected chi connectivity index (χ2v) is 5.73. The van der Waals surface area contributed by atoms with Gasteiger partial charge in [0.2, 0.25) is 5.91 Å². The molecule has 0 fully saturated rings. The maximum absolute atomic E-state index is 12.3. The molecule has 116 valence electrons. The van der Waals surface area contributed by atoms with Crippen LogP contribution >= 0.6 is 0 Å². The third kappa shape index (κ3) is 5.03. The first kappa shape index (κ1) is 16.3. The Bertz CT molecular complexity index is 574. The van der Waals surface area contributed by atoms with Gasteiger partial charge in [0.15, 0.2) is 0 Å². The summed E-state index contributed by atoms with van der Waals surface area (Å²) in [4.78, 5) is 14.3. The molecule has 0 N–H and O–H groups in total. The van der Waals surface area contributed by atoms with Crippen LogP contribution in [0.1, 0.15) is 36.5 Å². The lowest BCUT2D eigenvalue weighted by molar-refractivity contribution is -0.131. The minimum atomic E-state index is 0.249. The predicted molar refractivity (Wildman–Crippen MR) is 91.7 cm³/mol. The molecule has 0 radical (unpaired) electrons. The quantitative estimate of drug-likeness (QED) is 0.743. The van der Waals surface area contributed by atoms with Crippen LogP contribution in [-0.4, -0.2) is 17.4 Å². The molecule has 0 aliphatic rings. The van der Waals surface area contributed by atoms with Gasteiger partial charge >= 0.3 is 0 Å². The Labute approximate surface area is 133 Å². The summed E-state index contributed by atoms with van der Waals surface area (Å²) in [6.45, 7) is 5.61. The van der Waals surface area contributed by atoms with Gasteiger partial charge in [0, 0.05) is 19.5 Å². The van der Waals surface area contributed by atoms with Crippen LogP contribution in [0.3, 0.4) is 0 Å². The SMILES string of the molecule is CCN(Cc1ccccc1)C(=O)CCCc1ccc(C)cc1. The molecule has 2 nitrogen and oxygen atoms in total. The van der Waals surface area contributed by atoms with Gasteiger partial charge in [0.1, 0.15) is 0 Å². The highest BCUT2D eigenvalue weighted by atomic mass is 16.2. The lowest BCUT2D eigenvalue weighted by Gasteiger charge is -2.21. The molecular formula is C20H25NO. The van der Waals surface area contributed by atoms with Crippen LogP contribution in [0, 0.1) is 6.92 Å². The first-order valence-corrected chi connectivity index (χ1v) is 8.06. The second kappa shape index (κ2) is 8.38. The van der Waals surface area contributed by atoms with E-state index in [0.717, 1.165) is 19.4 Å². The number of aryl methyl sites for hydroxylation is 2. The minimum Gasteiger partial charge on any atom is -0.339 e. The van der Waals surface area contributed by atoms with Crippen molar-refractivity contribution >= 4 is 5.91 Å². The first-order chi connectivity index (χ1) is 10.7. The molecule has 0 saturated carbocycles. The molecule has 2 rings (SSSR count). The van der Waals surface area contributed by atoms with Crippen LogP contribution < -0.4 is 0 Å². The predicted octanol–water partition coefficient (Wildman–Crippen LogP) is 4.37. The molecule has 0 saturated heterocycles. The topological polar surface area (TPSA) is 20.3 Å². The highest BCUT2D eigenvalue weighted by molar-refractivity contribution is 5.76. The van der Waals surface area contributed by atoms with Crippen molar-refractivity contribution in [2.75, 3.05) is 6.54 Å². The summed E-state index contributed by atoms with van der Waals surface area (Å²) in [6.07, 6.45) is 2.50. The summed E-state index contributed by atoms with van der Waals surface area (Å²) in [6, 6.07) is 18.8. The maximum atomic E-state index is 12.3. The monoisotopic (exact) mass is 295 g/mol. The summed E-state index contributed by atoms with van der Waals surface area (Å²) >= 11 is 0. The third-order valence-corrected chi connectivity index (χ3v) is 3.93. The normalized spacial score (nSPS) is 10.5. The molecule has 0 atom stereocenters. The average molecular weight is 295 g/mol. The van der Waals surface area contributed by atoms with Crippen molar-refractivity contribution in [1.29, 1.82) is 0 Å². The van der Waals surface area contributed by atoms with E-state index in [4.69, 9.17) is 0 Å². The highest BCUT2D eigenvalue weighted by Gasteiger charge is 2.11. The summed E-state index contributed by atoms with van der Waals surface area (Å²) < 4.78 is 0. The summed E-state index contributed by atoms with van der Waals surface area (Å²) in [5, 5.41) is 0. The van der Waals surface area contributed by atoms with E-state index in [-0.39, 0.29) is 5.91 Å². The second-order valence-electron chi connectivity index (χ2n) is 5.73. The lowest BCUT2D eigenvalue weighted by Crippen LogP contribution is -2.30. The molecule has 2 heteroatoms. The molecule has 0 aromatic heterocycles. The van der Waals surface area contributed by atoms with E-state index in [1.165, 1.54) is 16.7 Å². The van der Waals surface area contributed by atoms with Gasteiger partial charge in [-0.05, 0) is 37.8 Å². The molecule has 2 aromatic rings. The zero-order valence-electron chi connectivity index (χ0n) is 13.6. The molecule has 1 amide bonds. The van der Waals surface area contributed by atoms with E-state index in [1.807, 2.05) is 30.0 Å². The number of carbonyl (C=O) groups excluding carboxylic acids is 1. The Morgan fingerprint density at radius 3 is 2.27 bits per heavy atom. The number of hydrogen-bond acceptors (Lipinski definition) is 1. The first-order valence-electron chi connectivity index (χ1n) is 8.06.